The van der Waals surface area contributed by atoms with Crippen LogP contribution in [0.25, 0.3) is 122 Å². The van der Waals surface area contributed by atoms with E-state index in [-0.39, 0.29) is 43.6 Å². The molecule has 0 unspecified atom stereocenters. The Bertz CT molecular complexity index is 4990. The largest absolute Gasteiger partial charge is 3.00 e. The standard InChI is InChI=1S/C45H35N2O.C25H24FN2.C11H7FN.Ir/c1-27(2)36-24-32(29-13-6-5-7-14-29)25-37(28(3)4)43(36)47-41-20-11-10-19-40(41)46-45(47)35-18-12-17-34-39-23-31-22-21-30-15-8-9-16-33(30)38(31)26-42(39)48-44(34)35;1-16(2)20-8-7-9-21(17(3)4)24(20)28-23-11-6-5-10-22(23)27-25(28)18-12-14-19(26)15-13-18;12-10-6-4-9(5-7-10)11-3-1-2-8-13-11;/h5-17,19-28H,1-4H3;5-12,14-17H,1-4H3;1-4,6-8H;/q3*-1;+3. The third kappa shape index (κ3) is 11.7. The molecule has 11 aromatic carbocycles. The van der Waals surface area contributed by atoms with E-state index in [1.807, 2.05) is 42.5 Å². The van der Waals surface area contributed by atoms with Gasteiger partial charge in [0.15, 0.2) is 0 Å². The molecule has 15 rings (SSSR count). The van der Waals surface area contributed by atoms with Gasteiger partial charge in [-0.15, -0.1) is 77.9 Å². The number of furan rings is 1. The molecule has 90 heavy (non-hydrogen) atoms. The maximum absolute atomic E-state index is 13.5. The molecular weight excluding hydrogens is 1290 g/mol. The van der Waals surface area contributed by atoms with Gasteiger partial charge in [-0.05, 0) is 139 Å². The Morgan fingerprint density at radius 1 is 0.422 bits per heavy atom. The normalized spacial score (nSPS) is 11.5. The van der Waals surface area contributed by atoms with Gasteiger partial charge in [-0.25, -0.2) is 0 Å². The molecule has 0 radical (unpaired) electrons. The van der Waals surface area contributed by atoms with E-state index in [0.29, 0.717) is 11.8 Å². The summed E-state index contributed by atoms with van der Waals surface area (Å²) in [4.78, 5) is 14.4. The zero-order valence-electron chi connectivity index (χ0n) is 51.5. The van der Waals surface area contributed by atoms with E-state index < -0.39 is 0 Å². The zero-order chi connectivity index (χ0) is 61.4. The van der Waals surface area contributed by atoms with Crippen molar-refractivity contribution >= 4 is 65.6 Å². The van der Waals surface area contributed by atoms with Crippen molar-refractivity contribution in [1.29, 1.82) is 0 Å². The van der Waals surface area contributed by atoms with Crippen LogP contribution in [0.1, 0.15) is 101 Å². The summed E-state index contributed by atoms with van der Waals surface area (Å²) in [5.41, 5.74) is 18.9. The van der Waals surface area contributed by atoms with Gasteiger partial charge in [-0.3, -0.25) is 18.7 Å². The first-order chi connectivity index (χ1) is 43.3. The van der Waals surface area contributed by atoms with E-state index in [1.165, 1.54) is 90.6 Å². The molecule has 0 bridgehead atoms. The average molecular weight is 1360 g/mol. The molecule has 9 heteroatoms. The third-order valence-corrected chi connectivity index (χ3v) is 16.7. The smallest absolute Gasteiger partial charge is 0.501 e. The van der Waals surface area contributed by atoms with Crippen LogP contribution in [0.3, 0.4) is 0 Å². The van der Waals surface area contributed by atoms with Gasteiger partial charge in [-0.1, -0.05) is 188 Å². The van der Waals surface area contributed by atoms with E-state index in [2.05, 4.69) is 233 Å². The molecule has 0 atom stereocenters. The predicted molar refractivity (Wildman–Crippen MR) is 363 cm³/mol. The first-order valence-corrected chi connectivity index (χ1v) is 30.6. The quantitative estimate of drug-likeness (QED) is 0.101. The van der Waals surface area contributed by atoms with Gasteiger partial charge in [0.2, 0.25) is 0 Å². The van der Waals surface area contributed by atoms with Gasteiger partial charge in [0.05, 0.1) is 39.3 Å². The van der Waals surface area contributed by atoms with Crippen LogP contribution < -0.4 is 0 Å². The maximum atomic E-state index is 13.5. The van der Waals surface area contributed by atoms with Gasteiger partial charge in [-0.2, -0.15) is 0 Å². The minimum atomic E-state index is -0.295. The summed E-state index contributed by atoms with van der Waals surface area (Å²) in [6.07, 6.45) is 1.70. The van der Waals surface area contributed by atoms with Crippen LogP contribution in [-0.2, 0) is 20.1 Å². The van der Waals surface area contributed by atoms with Crippen LogP contribution in [0, 0.1) is 29.8 Å². The van der Waals surface area contributed by atoms with Crippen LogP contribution in [-0.4, -0.2) is 24.1 Å². The third-order valence-electron chi connectivity index (χ3n) is 16.7. The van der Waals surface area contributed by atoms with Gasteiger partial charge in [0.25, 0.3) is 0 Å². The molecule has 0 spiro atoms. The van der Waals surface area contributed by atoms with Crippen molar-refractivity contribution in [3.63, 3.8) is 0 Å². The molecule has 0 aliphatic carbocycles. The van der Waals surface area contributed by atoms with E-state index >= 15 is 0 Å². The molecule has 0 saturated carbocycles. The number of fused-ring (bicyclic) bond motifs is 8. The van der Waals surface area contributed by atoms with Crippen molar-refractivity contribution in [2.45, 2.75) is 79.1 Å². The van der Waals surface area contributed by atoms with E-state index in [4.69, 9.17) is 14.4 Å². The molecule has 0 N–H and O–H groups in total. The molecule has 15 aromatic rings. The molecule has 4 heterocycles. The van der Waals surface area contributed by atoms with E-state index in [1.54, 1.807) is 18.3 Å². The second kappa shape index (κ2) is 25.8. The minimum Gasteiger partial charge on any atom is -0.501 e. The van der Waals surface area contributed by atoms with Crippen molar-refractivity contribution in [2.75, 3.05) is 0 Å². The number of pyridine rings is 1. The Morgan fingerprint density at radius 3 is 1.59 bits per heavy atom. The minimum absolute atomic E-state index is 0. The fraction of sp³-hybridized carbons (Fsp3) is 0.148. The number of hydrogen-bond acceptors (Lipinski definition) is 4. The van der Waals surface area contributed by atoms with Crippen molar-refractivity contribution in [3.05, 3.63) is 283 Å². The fourth-order valence-corrected chi connectivity index (χ4v) is 12.3. The summed E-state index contributed by atoms with van der Waals surface area (Å²) < 4.78 is 37.5. The molecular formula is C81H66F2IrN5O. The number of benzene rings is 11. The molecule has 0 amide bonds. The van der Waals surface area contributed by atoms with Crippen molar-refractivity contribution in [1.82, 2.24) is 24.1 Å². The second-order valence-electron chi connectivity index (χ2n) is 23.9. The molecule has 6 nitrogen and oxygen atoms in total. The van der Waals surface area contributed by atoms with Crippen LogP contribution >= 0.6 is 0 Å². The summed E-state index contributed by atoms with van der Waals surface area (Å²) >= 11 is 0. The zero-order valence-corrected chi connectivity index (χ0v) is 53.9. The van der Waals surface area contributed by atoms with E-state index in [9.17, 15) is 8.78 Å². The predicted octanol–water partition coefficient (Wildman–Crippen LogP) is 22.2. The van der Waals surface area contributed by atoms with Gasteiger partial charge >= 0.3 is 20.1 Å². The van der Waals surface area contributed by atoms with Gasteiger partial charge in [0, 0.05) is 34.6 Å². The molecule has 0 aliphatic rings. The number of hydrogen-bond donors (Lipinski definition) is 0. The van der Waals surface area contributed by atoms with Crippen LogP contribution in [0.2, 0.25) is 0 Å². The van der Waals surface area contributed by atoms with Crippen LogP contribution in [0.15, 0.2) is 235 Å². The van der Waals surface area contributed by atoms with Crippen molar-refractivity contribution in [2.24, 2.45) is 0 Å². The Morgan fingerprint density at radius 2 is 0.978 bits per heavy atom. The number of para-hydroxylation sites is 5. The number of aromatic nitrogens is 5. The number of rotatable bonds is 10. The van der Waals surface area contributed by atoms with Gasteiger partial charge < -0.3 is 18.5 Å². The SMILES string of the molecule is CC(C)c1cc(-c2ccccc2)cc(C(C)C)c1-n1c(-c2[c-]ccc3c2oc2cc4c(ccc5ccccc54)cc23)nc2ccccc21.CC(C)c1cccc(C(C)C)c1-n1c(-c2[c-]cc(F)cc2)nc2ccccc21.Fc1c[c-]c(-c2ccccn2)cc1.[Ir+3]. The summed E-state index contributed by atoms with van der Waals surface area (Å²) in [5, 5.41) is 7.02. The van der Waals surface area contributed by atoms with Crippen molar-refractivity contribution < 1.29 is 33.3 Å². The van der Waals surface area contributed by atoms with Crippen LogP contribution in [0.4, 0.5) is 8.78 Å². The molecule has 0 aliphatic heterocycles. The fourth-order valence-electron chi connectivity index (χ4n) is 12.3. The summed E-state index contributed by atoms with van der Waals surface area (Å²) in [6, 6.07) is 84.2. The Kier molecular flexibility index (Phi) is 17.4. The molecule has 0 fully saturated rings. The maximum Gasteiger partial charge on any atom is 3.00 e. The molecule has 4 aromatic heterocycles. The number of nitrogens with zero attached hydrogens (tertiary/aromatic N) is 5. The summed E-state index contributed by atoms with van der Waals surface area (Å²) in [5.74, 6) is 2.34. The Labute approximate surface area is 537 Å². The van der Waals surface area contributed by atoms with E-state index in [0.717, 1.165) is 78.0 Å². The number of imidazole rings is 2. The van der Waals surface area contributed by atoms with Crippen molar-refractivity contribution in [3.8, 4) is 56.5 Å². The topological polar surface area (TPSA) is 61.7 Å². The second-order valence-corrected chi connectivity index (χ2v) is 23.9. The summed E-state index contributed by atoms with van der Waals surface area (Å²) in [6.45, 7) is 18.0. The average Bonchev–Trinajstić information content (AvgIpc) is 1.58. The van der Waals surface area contributed by atoms with Gasteiger partial charge in [0.1, 0.15) is 5.58 Å². The molecule has 0 saturated heterocycles. The van der Waals surface area contributed by atoms with Crippen LogP contribution in [0.5, 0.6) is 0 Å². The summed E-state index contributed by atoms with van der Waals surface area (Å²) in [7, 11) is 0. The Balaban J connectivity index is 0.000000157. The Hall–Kier alpha value is -9.66. The number of halogens is 2. The first-order valence-electron chi connectivity index (χ1n) is 30.6. The molecule has 444 valence electrons. The monoisotopic (exact) mass is 1360 g/mol. The first kappa shape index (κ1) is 60.6.